The number of amides is 3. The molecule has 1 aromatic carbocycles. The Kier molecular flexibility index (Phi) is 2.58. The number of piperidine rings is 1. The van der Waals surface area contributed by atoms with E-state index in [2.05, 4.69) is 21.2 Å². The Morgan fingerprint density at radius 1 is 1.24 bits per heavy atom. The highest BCUT2D eigenvalue weighted by Gasteiger charge is 2.61. The first-order valence-electron chi connectivity index (χ1n) is 7.01. The topological polar surface area (TPSA) is 66.5 Å². The maximum Gasteiger partial charge on any atom is 0.249 e. The Labute approximate surface area is 129 Å². The molecular weight excluding hydrogens is 336 g/mol. The Balaban J connectivity index is 1.81. The first-order valence-corrected chi connectivity index (χ1v) is 7.80. The lowest BCUT2D eigenvalue weighted by atomic mass is 9.98. The largest absolute Gasteiger partial charge is 0.299 e. The lowest BCUT2D eigenvalue weighted by Gasteiger charge is -2.30. The predicted octanol–water partition coefficient (Wildman–Crippen LogP) is 1.63. The minimum Gasteiger partial charge on any atom is -0.299 e. The van der Waals surface area contributed by atoms with Crippen molar-refractivity contribution in [3.8, 4) is 0 Å². The fourth-order valence-corrected chi connectivity index (χ4v) is 4.20. The number of anilines is 1. The van der Waals surface area contributed by atoms with E-state index in [9.17, 15) is 14.4 Å². The summed E-state index contributed by atoms with van der Waals surface area (Å²) in [6, 6.07) is 5.11. The number of imide groups is 1. The number of carbonyl (C=O) groups excluding carboxylic acids is 3. The number of fused-ring (bicyclic) bond motifs is 2. The van der Waals surface area contributed by atoms with E-state index >= 15 is 0 Å². The van der Waals surface area contributed by atoms with Gasteiger partial charge < -0.3 is 0 Å². The zero-order chi connectivity index (χ0) is 14.8. The molecule has 0 bridgehead atoms. The van der Waals surface area contributed by atoms with Gasteiger partial charge in [0.2, 0.25) is 17.7 Å². The van der Waals surface area contributed by atoms with Crippen LogP contribution in [-0.4, -0.2) is 23.8 Å². The molecular formula is C15H13BrN2O3. The van der Waals surface area contributed by atoms with Gasteiger partial charge in [-0.3, -0.25) is 24.6 Å². The molecule has 0 unspecified atom stereocenters. The third-order valence-electron chi connectivity index (χ3n) is 4.63. The van der Waals surface area contributed by atoms with Crippen LogP contribution in [-0.2, 0) is 19.8 Å². The highest BCUT2D eigenvalue weighted by Crippen LogP contribution is 2.60. The fourth-order valence-electron chi connectivity index (χ4n) is 3.46. The molecule has 21 heavy (non-hydrogen) atoms. The number of hydrogen-bond donors (Lipinski definition) is 1. The van der Waals surface area contributed by atoms with Crippen LogP contribution in [0.5, 0.6) is 0 Å². The second-order valence-corrected chi connectivity index (χ2v) is 6.71. The van der Waals surface area contributed by atoms with Gasteiger partial charge in [0.25, 0.3) is 0 Å². The van der Waals surface area contributed by atoms with Crippen LogP contribution in [0.25, 0.3) is 0 Å². The highest BCUT2D eigenvalue weighted by atomic mass is 79.9. The smallest absolute Gasteiger partial charge is 0.249 e. The molecule has 108 valence electrons. The highest BCUT2D eigenvalue weighted by molar-refractivity contribution is 9.10. The first kappa shape index (κ1) is 13.0. The molecule has 2 aliphatic heterocycles. The van der Waals surface area contributed by atoms with Crippen LogP contribution >= 0.6 is 15.9 Å². The van der Waals surface area contributed by atoms with Crippen molar-refractivity contribution >= 4 is 39.3 Å². The van der Waals surface area contributed by atoms with Gasteiger partial charge in [0.1, 0.15) is 6.04 Å². The molecule has 1 N–H and O–H groups in total. The normalized spacial score (nSPS) is 26.0. The molecule has 2 fully saturated rings. The van der Waals surface area contributed by atoms with E-state index in [0.29, 0.717) is 6.42 Å². The summed E-state index contributed by atoms with van der Waals surface area (Å²) < 4.78 is 0.917. The number of hydrogen-bond acceptors (Lipinski definition) is 3. The Hall–Kier alpha value is -1.69. The summed E-state index contributed by atoms with van der Waals surface area (Å²) in [5.74, 6) is -0.638. The molecule has 1 spiro atoms. The number of benzene rings is 1. The van der Waals surface area contributed by atoms with E-state index < -0.39 is 11.5 Å². The molecule has 3 aliphatic rings. The van der Waals surface area contributed by atoms with Crippen LogP contribution in [0.4, 0.5) is 5.69 Å². The molecule has 1 saturated heterocycles. The van der Waals surface area contributed by atoms with Crippen LogP contribution in [0.2, 0.25) is 0 Å². The minimum atomic E-state index is -0.580. The molecule has 0 aromatic heterocycles. The molecule has 5 nitrogen and oxygen atoms in total. The van der Waals surface area contributed by atoms with Crippen molar-refractivity contribution in [2.24, 2.45) is 0 Å². The average Bonchev–Trinajstić information content (AvgIpc) is 3.18. The van der Waals surface area contributed by atoms with E-state index in [4.69, 9.17) is 0 Å². The maximum atomic E-state index is 12.9. The van der Waals surface area contributed by atoms with Crippen molar-refractivity contribution in [1.82, 2.24) is 5.32 Å². The number of nitrogens with one attached hydrogen (secondary N) is 1. The average molecular weight is 349 g/mol. The summed E-state index contributed by atoms with van der Waals surface area (Å²) in [5.41, 5.74) is 1.36. The quantitative estimate of drug-likeness (QED) is 0.784. The van der Waals surface area contributed by atoms with E-state index in [1.807, 2.05) is 18.2 Å². The number of nitrogens with zero attached hydrogens (tertiary/aromatic N) is 1. The van der Waals surface area contributed by atoms with Crippen molar-refractivity contribution in [2.45, 2.75) is 37.1 Å². The fraction of sp³-hybridized carbons (Fsp3) is 0.400. The summed E-state index contributed by atoms with van der Waals surface area (Å²) in [4.78, 5) is 37.9. The van der Waals surface area contributed by atoms with Crippen LogP contribution in [0, 0.1) is 0 Å². The van der Waals surface area contributed by atoms with Crippen LogP contribution < -0.4 is 10.2 Å². The van der Waals surface area contributed by atoms with Crippen molar-refractivity contribution in [2.75, 3.05) is 4.90 Å². The summed E-state index contributed by atoms with van der Waals surface area (Å²) in [5, 5.41) is 2.34. The predicted molar refractivity (Wildman–Crippen MR) is 78.7 cm³/mol. The zero-order valence-electron chi connectivity index (χ0n) is 11.2. The van der Waals surface area contributed by atoms with Gasteiger partial charge in [-0.15, -0.1) is 0 Å². The van der Waals surface area contributed by atoms with Gasteiger partial charge in [0, 0.05) is 22.1 Å². The van der Waals surface area contributed by atoms with E-state index in [-0.39, 0.29) is 24.1 Å². The standard InChI is InChI=1S/C15H13BrN2O3/c16-8-2-1-3-9-12(8)15(6-7-15)14(21)18(9)10-4-5-11(19)17-13(10)20/h1-3,10H,4-7H2,(H,17,19,20)/t10-/m1/s1. The van der Waals surface area contributed by atoms with Crippen molar-refractivity contribution in [3.05, 3.63) is 28.2 Å². The van der Waals surface area contributed by atoms with Gasteiger partial charge in [0.15, 0.2) is 0 Å². The molecule has 1 aliphatic carbocycles. The molecule has 4 rings (SSSR count). The maximum absolute atomic E-state index is 12.9. The van der Waals surface area contributed by atoms with Gasteiger partial charge in [-0.1, -0.05) is 22.0 Å². The third kappa shape index (κ3) is 1.65. The van der Waals surface area contributed by atoms with E-state index in [1.54, 1.807) is 4.90 Å². The zero-order valence-corrected chi connectivity index (χ0v) is 12.8. The molecule has 1 aromatic rings. The number of rotatable bonds is 1. The third-order valence-corrected chi connectivity index (χ3v) is 5.29. The summed E-state index contributed by atoms with van der Waals surface area (Å²) >= 11 is 3.53. The summed E-state index contributed by atoms with van der Waals surface area (Å²) in [6.45, 7) is 0. The Morgan fingerprint density at radius 2 is 2.00 bits per heavy atom. The van der Waals surface area contributed by atoms with Crippen molar-refractivity contribution < 1.29 is 14.4 Å². The number of halogens is 1. The molecule has 1 saturated carbocycles. The molecule has 1 atom stereocenters. The van der Waals surface area contributed by atoms with Gasteiger partial charge >= 0.3 is 0 Å². The second kappa shape index (κ2) is 4.16. The van der Waals surface area contributed by atoms with Gasteiger partial charge in [-0.2, -0.15) is 0 Å². The van der Waals surface area contributed by atoms with Gasteiger partial charge in [0.05, 0.1) is 5.41 Å². The minimum absolute atomic E-state index is 0.00102. The number of carbonyl (C=O) groups is 3. The van der Waals surface area contributed by atoms with E-state index in [1.165, 1.54) is 0 Å². The molecule has 6 heteroatoms. The Morgan fingerprint density at radius 3 is 2.67 bits per heavy atom. The van der Waals surface area contributed by atoms with Crippen LogP contribution in [0.1, 0.15) is 31.2 Å². The van der Waals surface area contributed by atoms with Gasteiger partial charge in [-0.25, -0.2) is 0 Å². The van der Waals surface area contributed by atoms with E-state index in [0.717, 1.165) is 28.6 Å². The molecule has 3 amide bonds. The molecule has 0 radical (unpaired) electrons. The van der Waals surface area contributed by atoms with Crippen molar-refractivity contribution in [3.63, 3.8) is 0 Å². The lowest BCUT2D eigenvalue weighted by molar-refractivity contribution is -0.135. The monoisotopic (exact) mass is 348 g/mol. The van der Waals surface area contributed by atoms with Crippen molar-refractivity contribution in [1.29, 1.82) is 0 Å². The first-order chi connectivity index (χ1) is 10.0. The molecule has 2 heterocycles. The van der Waals surface area contributed by atoms with Gasteiger partial charge in [-0.05, 0) is 31.4 Å². The lowest BCUT2D eigenvalue weighted by Crippen LogP contribution is -2.54. The Bertz CT molecular complexity index is 696. The SMILES string of the molecule is O=C1CC[C@@H](N2C(=O)C3(CC3)c3c(Br)cccc32)C(=O)N1. The summed E-state index contributed by atoms with van der Waals surface area (Å²) in [6.07, 6.45) is 2.31. The van der Waals surface area contributed by atoms with Crippen LogP contribution in [0.3, 0.4) is 0 Å². The summed E-state index contributed by atoms with van der Waals surface area (Å²) in [7, 11) is 0. The second-order valence-electron chi connectivity index (χ2n) is 5.86. The van der Waals surface area contributed by atoms with Crippen LogP contribution in [0.15, 0.2) is 22.7 Å².